The molecule has 2 aliphatic rings. The standard InChI is InChI=1S/C16H22N2O4/c1-21-13-4-2-3-11-14(12(19)9-22-15(11)13)18-7-5-10(6-8-18)16(17)20/h2-4,10,12,14,19H,5-9H2,1H3,(H2,17,20). The largest absolute Gasteiger partial charge is 0.493 e. The molecule has 2 aliphatic heterocycles. The van der Waals surface area contributed by atoms with E-state index in [1.165, 1.54) is 0 Å². The number of ether oxygens (including phenoxy) is 2. The van der Waals surface area contributed by atoms with E-state index in [2.05, 4.69) is 4.90 Å². The van der Waals surface area contributed by atoms with Crippen molar-refractivity contribution in [3.05, 3.63) is 23.8 Å². The van der Waals surface area contributed by atoms with E-state index in [0.717, 1.165) is 31.5 Å². The van der Waals surface area contributed by atoms with Crippen molar-refractivity contribution in [1.29, 1.82) is 0 Å². The van der Waals surface area contributed by atoms with Crippen molar-refractivity contribution in [2.24, 2.45) is 11.7 Å². The van der Waals surface area contributed by atoms with Gasteiger partial charge in [-0.3, -0.25) is 9.69 Å². The van der Waals surface area contributed by atoms with Gasteiger partial charge in [0.05, 0.1) is 13.2 Å². The van der Waals surface area contributed by atoms with Crippen LogP contribution in [0.4, 0.5) is 0 Å². The summed E-state index contributed by atoms with van der Waals surface area (Å²) in [4.78, 5) is 13.5. The lowest BCUT2D eigenvalue weighted by Crippen LogP contribution is -2.47. The van der Waals surface area contributed by atoms with Gasteiger partial charge in [-0.1, -0.05) is 12.1 Å². The summed E-state index contributed by atoms with van der Waals surface area (Å²) in [5.74, 6) is 1.10. The monoisotopic (exact) mass is 306 g/mol. The van der Waals surface area contributed by atoms with Gasteiger partial charge < -0.3 is 20.3 Å². The minimum absolute atomic E-state index is 0.0574. The highest BCUT2D eigenvalue weighted by Gasteiger charge is 2.37. The number of benzene rings is 1. The van der Waals surface area contributed by atoms with Crippen molar-refractivity contribution in [3.63, 3.8) is 0 Å². The molecule has 6 heteroatoms. The number of aliphatic hydroxyl groups is 1. The molecule has 1 saturated heterocycles. The molecule has 0 bridgehead atoms. The van der Waals surface area contributed by atoms with Crippen LogP contribution in [0.15, 0.2) is 18.2 Å². The van der Waals surface area contributed by atoms with Crippen LogP contribution in [0.1, 0.15) is 24.4 Å². The molecule has 0 aromatic heterocycles. The quantitative estimate of drug-likeness (QED) is 0.858. The number of hydrogen-bond donors (Lipinski definition) is 2. The summed E-state index contributed by atoms with van der Waals surface area (Å²) < 4.78 is 11.0. The number of hydrogen-bond acceptors (Lipinski definition) is 5. The molecule has 1 aromatic carbocycles. The maximum Gasteiger partial charge on any atom is 0.220 e. The molecule has 22 heavy (non-hydrogen) atoms. The maximum atomic E-state index is 11.3. The lowest BCUT2D eigenvalue weighted by Gasteiger charge is -2.41. The summed E-state index contributed by atoms with van der Waals surface area (Å²) in [7, 11) is 1.61. The van der Waals surface area contributed by atoms with Gasteiger partial charge in [0.25, 0.3) is 0 Å². The van der Waals surface area contributed by atoms with E-state index in [9.17, 15) is 9.90 Å². The lowest BCUT2D eigenvalue weighted by atomic mass is 9.90. The van der Waals surface area contributed by atoms with E-state index in [1.807, 2.05) is 18.2 Å². The minimum Gasteiger partial charge on any atom is -0.493 e. The van der Waals surface area contributed by atoms with Crippen molar-refractivity contribution in [1.82, 2.24) is 4.90 Å². The van der Waals surface area contributed by atoms with Crippen LogP contribution in [-0.2, 0) is 4.79 Å². The van der Waals surface area contributed by atoms with E-state index < -0.39 is 6.10 Å². The van der Waals surface area contributed by atoms with Crippen molar-refractivity contribution in [2.45, 2.75) is 25.0 Å². The van der Waals surface area contributed by atoms with Gasteiger partial charge in [-0.2, -0.15) is 0 Å². The fourth-order valence-electron chi connectivity index (χ4n) is 3.45. The maximum absolute atomic E-state index is 11.3. The van der Waals surface area contributed by atoms with Crippen molar-refractivity contribution < 1.29 is 19.4 Å². The molecule has 2 heterocycles. The Morgan fingerprint density at radius 2 is 2.14 bits per heavy atom. The number of nitrogens with two attached hydrogens (primary N) is 1. The van der Waals surface area contributed by atoms with Crippen LogP contribution in [-0.4, -0.2) is 48.8 Å². The fourth-order valence-corrected chi connectivity index (χ4v) is 3.45. The van der Waals surface area contributed by atoms with Crippen molar-refractivity contribution in [2.75, 3.05) is 26.8 Å². The summed E-state index contributed by atoms with van der Waals surface area (Å²) in [5, 5.41) is 10.4. The normalized spacial score (nSPS) is 26.1. The number of methoxy groups -OCH3 is 1. The number of piperidine rings is 1. The van der Waals surface area contributed by atoms with Gasteiger partial charge in [0.15, 0.2) is 11.5 Å². The van der Waals surface area contributed by atoms with Crippen molar-refractivity contribution in [3.8, 4) is 11.5 Å². The molecular weight excluding hydrogens is 284 g/mol. The summed E-state index contributed by atoms with van der Waals surface area (Å²) >= 11 is 0. The molecule has 120 valence electrons. The second-order valence-corrected chi connectivity index (χ2v) is 5.91. The van der Waals surface area contributed by atoms with E-state index in [0.29, 0.717) is 11.5 Å². The Kier molecular flexibility index (Phi) is 4.22. The molecule has 0 radical (unpaired) electrons. The van der Waals surface area contributed by atoms with Crippen LogP contribution in [0.3, 0.4) is 0 Å². The SMILES string of the molecule is COc1cccc2c1OCC(O)C2N1CCC(C(N)=O)CC1. The molecule has 1 amide bonds. The molecular formula is C16H22N2O4. The third-order valence-electron chi connectivity index (χ3n) is 4.64. The minimum atomic E-state index is -0.593. The van der Waals surface area contributed by atoms with Gasteiger partial charge in [-0.05, 0) is 32.0 Å². The first-order valence-electron chi connectivity index (χ1n) is 7.63. The van der Waals surface area contributed by atoms with Crippen LogP contribution >= 0.6 is 0 Å². The van der Waals surface area contributed by atoms with Crippen LogP contribution in [0.2, 0.25) is 0 Å². The number of amides is 1. The van der Waals surface area contributed by atoms with Gasteiger partial charge in [0, 0.05) is 11.5 Å². The Morgan fingerprint density at radius 1 is 1.41 bits per heavy atom. The second kappa shape index (κ2) is 6.14. The van der Waals surface area contributed by atoms with Crippen LogP contribution in [0.25, 0.3) is 0 Å². The molecule has 3 N–H and O–H groups in total. The van der Waals surface area contributed by atoms with E-state index in [1.54, 1.807) is 7.11 Å². The summed E-state index contributed by atoms with van der Waals surface area (Å²) in [6.45, 7) is 1.73. The number of fused-ring (bicyclic) bond motifs is 1. The molecule has 3 rings (SSSR count). The zero-order chi connectivity index (χ0) is 15.7. The van der Waals surface area contributed by atoms with Crippen molar-refractivity contribution >= 4 is 5.91 Å². The molecule has 2 unspecified atom stereocenters. The van der Waals surface area contributed by atoms with Gasteiger partial charge in [0.1, 0.15) is 12.7 Å². The number of aliphatic hydroxyl groups excluding tert-OH is 1. The number of primary amides is 1. The third kappa shape index (κ3) is 2.64. The van der Waals surface area contributed by atoms with Crippen LogP contribution < -0.4 is 15.2 Å². The highest BCUT2D eigenvalue weighted by atomic mass is 16.5. The van der Waals surface area contributed by atoms with Crippen LogP contribution in [0.5, 0.6) is 11.5 Å². The number of carbonyl (C=O) groups excluding carboxylic acids is 1. The lowest BCUT2D eigenvalue weighted by molar-refractivity contribution is -0.123. The summed E-state index contributed by atoms with van der Waals surface area (Å²) in [6, 6.07) is 5.59. The molecule has 2 atom stereocenters. The highest BCUT2D eigenvalue weighted by Crippen LogP contribution is 2.42. The van der Waals surface area contributed by atoms with E-state index in [4.69, 9.17) is 15.2 Å². The molecule has 0 saturated carbocycles. The Bertz CT molecular complexity index is 555. The molecule has 6 nitrogen and oxygen atoms in total. The first-order valence-corrected chi connectivity index (χ1v) is 7.63. The van der Waals surface area contributed by atoms with Gasteiger partial charge >= 0.3 is 0 Å². The zero-order valence-electron chi connectivity index (χ0n) is 12.7. The summed E-state index contributed by atoms with van der Waals surface area (Å²) in [6.07, 6.45) is 0.877. The number of likely N-dealkylation sites (tertiary alicyclic amines) is 1. The number of para-hydroxylation sites is 1. The summed E-state index contributed by atoms with van der Waals surface area (Å²) in [5.41, 5.74) is 6.33. The van der Waals surface area contributed by atoms with Crippen LogP contribution in [0, 0.1) is 5.92 Å². The Morgan fingerprint density at radius 3 is 2.77 bits per heavy atom. The predicted molar refractivity (Wildman–Crippen MR) is 80.7 cm³/mol. The average Bonchev–Trinajstić information content (AvgIpc) is 2.54. The smallest absolute Gasteiger partial charge is 0.220 e. The molecule has 1 aromatic rings. The number of carbonyl (C=O) groups is 1. The first-order chi connectivity index (χ1) is 10.6. The molecule has 0 spiro atoms. The predicted octanol–water partition coefficient (Wildman–Crippen LogP) is 0.687. The topological polar surface area (TPSA) is 85.0 Å². The Balaban J connectivity index is 1.84. The Hall–Kier alpha value is -1.79. The van der Waals surface area contributed by atoms with E-state index >= 15 is 0 Å². The van der Waals surface area contributed by atoms with Gasteiger partial charge in [0.2, 0.25) is 5.91 Å². The average molecular weight is 306 g/mol. The van der Waals surface area contributed by atoms with Gasteiger partial charge in [-0.25, -0.2) is 0 Å². The fraction of sp³-hybridized carbons (Fsp3) is 0.562. The number of rotatable bonds is 3. The number of nitrogens with zero attached hydrogens (tertiary/aromatic N) is 1. The van der Waals surface area contributed by atoms with Gasteiger partial charge in [-0.15, -0.1) is 0 Å². The Labute approximate surface area is 129 Å². The first kappa shape index (κ1) is 15.1. The molecule has 1 fully saturated rings. The van der Waals surface area contributed by atoms with E-state index in [-0.39, 0.29) is 24.5 Å². The second-order valence-electron chi connectivity index (χ2n) is 5.91. The third-order valence-corrected chi connectivity index (χ3v) is 4.64. The zero-order valence-corrected chi connectivity index (χ0v) is 12.7. The highest BCUT2D eigenvalue weighted by molar-refractivity contribution is 5.76. The molecule has 0 aliphatic carbocycles.